The first-order valence-electron chi connectivity index (χ1n) is 5.96. The average Bonchev–Trinajstić information content (AvgIpc) is 2.56. The topological polar surface area (TPSA) is 37.4 Å². The van der Waals surface area contributed by atoms with Gasteiger partial charge in [0.2, 0.25) is 0 Å². The zero-order chi connectivity index (χ0) is 11.5. The second-order valence-electron chi connectivity index (χ2n) is 4.40. The molecule has 0 unspecified atom stereocenters. The van der Waals surface area contributed by atoms with Crippen LogP contribution in [0.3, 0.4) is 0 Å². The molecule has 3 heteroatoms. The third-order valence-corrected chi connectivity index (χ3v) is 3.27. The van der Waals surface area contributed by atoms with E-state index in [-0.39, 0.29) is 17.9 Å². The van der Waals surface area contributed by atoms with E-state index in [0.29, 0.717) is 5.57 Å². The van der Waals surface area contributed by atoms with Gasteiger partial charge in [0.25, 0.3) is 11.8 Å². The van der Waals surface area contributed by atoms with Crippen molar-refractivity contribution >= 4 is 11.8 Å². The smallest absolute Gasteiger partial charge is 0.261 e. The molecule has 16 heavy (non-hydrogen) atoms. The number of amides is 2. The zero-order valence-electron chi connectivity index (χ0n) is 9.61. The van der Waals surface area contributed by atoms with Crippen LogP contribution >= 0.6 is 0 Å². The van der Waals surface area contributed by atoms with Crippen molar-refractivity contribution in [2.75, 3.05) is 0 Å². The highest BCUT2D eigenvalue weighted by Crippen LogP contribution is 2.27. The van der Waals surface area contributed by atoms with Crippen LogP contribution in [0.4, 0.5) is 0 Å². The van der Waals surface area contributed by atoms with Gasteiger partial charge >= 0.3 is 0 Å². The highest BCUT2D eigenvalue weighted by atomic mass is 16.2. The van der Waals surface area contributed by atoms with Gasteiger partial charge in [-0.05, 0) is 19.8 Å². The van der Waals surface area contributed by atoms with Crippen molar-refractivity contribution in [1.29, 1.82) is 0 Å². The van der Waals surface area contributed by atoms with Crippen LogP contribution in [0.15, 0.2) is 23.8 Å². The molecule has 0 aromatic heterocycles. The highest BCUT2D eigenvalue weighted by Gasteiger charge is 2.35. The Balaban J connectivity index is 2.13. The van der Waals surface area contributed by atoms with Crippen LogP contribution in [0.1, 0.15) is 39.0 Å². The summed E-state index contributed by atoms with van der Waals surface area (Å²) in [6.45, 7) is 1.85. The van der Waals surface area contributed by atoms with Crippen molar-refractivity contribution in [2.24, 2.45) is 0 Å². The van der Waals surface area contributed by atoms with Gasteiger partial charge in [0.05, 0.1) is 0 Å². The maximum Gasteiger partial charge on any atom is 0.261 e. The van der Waals surface area contributed by atoms with Crippen LogP contribution in [0.5, 0.6) is 0 Å². The van der Waals surface area contributed by atoms with Gasteiger partial charge in [-0.15, -0.1) is 0 Å². The maximum absolute atomic E-state index is 12.0. The Bertz CT molecular complexity index is 362. The minimum atomic E-state index is -0.134. The van der Waals surface area contributed by atoms with E-state index in [1.807, 2.05) is 6.92 Å². The Morgan fingerprint density at radius 1 is 1.25 bits per heavy atom. The number of allylic oxidation sites excluding steroid dienone is 1. The van der Waals surface area contributed by atoms with Gasteiger partial charge in [-0.25, -0.2) is 0 Å². The number of hydrogen-bond donors (Lipinski definition) is 0. The Morgan fingerprint density at radius 3 is 2.56 bits per heavy atom. The largest absolute Gasteiger partial charge is 0.272 e. The first-order valence-corrected chi connectivity index (χ1v) is 5.96. The molecule has 3 nitrogen and oxygen atoms in total. The fraction of sp³-hybridized carbons (Fsp3) is 0.538. The van der Waals surface area contributed by atoms with Gasteiger partial charge in [-0.2, -0.15) is 0 Å². The Hall–Kier alpha value is -1.38. The fourth-order valence-corrected chi connectivity index (χ4v) is 2.49. The van der Waals surface area contributed by atoms with Crippen LogP contribution < -0.4 is 0 Å². The van der Waals surface area contributed by atoms with Crippen LogP contribution in [0.25, 0.3) is 0 Å². The predicted molar refractivity (Wildman–Crippen MR) is 61.6 cm³/mol. The number of carbonyl (C=O) groups is 2. The monoisotopic (exact) mass is 219 g/mol. The summed E-state index contributed by atoms with van der Waals surface area (Å²) in [5, 5.41) is 0. The summed E-state index contributed by atoms with van der Waals surface area (Å²) in [5.74, 6) is -0.250. The third kappa shape index (κ3) is 1.94. The lowest BCUT2D eigenvalue weighted by molar-refractivity contribution is -0.140. The number of nitrogens with zero attached hydrogens (tertiary/aromatic N) is 1. The molecule has 2 aliphatic rings. The zero-order valence-corrected chi connectivity index (χ0v) is 9.61. The second-order valence-corrected chi connectivity index (χ2v) is 4.40. The molecule has 1 aliphatic heterocycles. The first-order chi connectivity index (χ1) is 7.74. The van der Waals surface area contributed by atoms with Crippen molar-refractivity contribution < 1.29 is 9.59 Å². The van der Waals surface area contributed by atoms with Crippen molar-refractivity contribution in [3.05, 3.63) is 23.8 Å². The normalized spacial score (nSPS) is 23.3. The summed E-state index contributed by atoms with van der Waals surface area (Å²) >= 11 is 0. The molecule has 0 bridgehead atoms. The van der Waals surface area contributed by atoms with Crippen LogP contribution in [0.2, 0.25) is 0 Å². The van der Waals surface area contributed by atoms with Crippen LogP contribution in [0, 0.1) is 0 Å². The van der Waals surface area contributed by atoms with Gasteiger partial charge in [0.15, 0.2) is 0 Å². The van der Waals surface area contributed by atoms with Gasteiger partial charge < -0.3 is 0 Å². The number of rotatable bonds is 2. The van der Waals surface area contributed by atoms with Crippen LogP contribution in [-0.2, 0) is 9.59 Å². The molecule has 0 aromatic rings. The molecule has 1 aliphatic carbocycles. The first kappa shape index (κ1) is 11.1. The molecule has 0 N–H and O–H groups in total. The molecule has 0 saturated heterocycles. The van der Waals surface area contributed by atoms with Crippen molar-refractivity contribution in [3.63, 3.8) is 0 Å². The average molecular weight is 219 g/mol. The standard InChI is InChI=1S/C13H17NO2/c1-2-6-10-9-12(15)14(13(10)16)11-7-4-3-5-8-11/h2,6,9,11H,3-5,7-8H2,1H3/b6-2+. The molecular formula is C13H17NO2. The molecule has 1 saturated carbocycles. The lowest BCUT2D eigenvalue weighted by Gasteiger charge is -2.29. The van der Waals surface area contributed by atoms with Crippen molar-refractivity contribution in [3.8, 4) is 0 Å². The third-order valence-electron chi connectivity index (χ3n) is 3.27. The molecule has 0 atom stereocenters. The Labute approximate surface area is 95.8 Å². The van der Waals surface area contributed by atoms with E-state index in [1.165, 1.54) is 17.4 Å². The van der Waals surface area contributed by atoms with E-state index < -0.39 is 0 Å². The Morgan fingerprint density at radius 2 is 1.94 bits per heavy atom. The lowest BCUT2D eigenvalue weighted by atomic mass is 9.94. The number of imide groups is 1. The molecule has 0 aromatic carbocycles. The Kier molecular flexibility index (Phi) is 3.22. The van der Waals surface area contributed by atoms with E-state index in [2.05, 4.69) is 0 Å². The predicted octanol–water partition coefficient (Wildman–Crippen LogP) is 2.19. The highest BCUT2D eigenvalue weighted by molar-refractivity contribution is 6.17. The van der Waals surface area contributed by atoms with E-state index in [1.54, 1.807) is 12.2 Å². The summed E-state index contributed by atoms with van der Waals surface area (Å²) in [4.78, 5) is 25.2. The maximum atomic E-state index is 12.0. The molecule has 1 heterocycles. The molecule has 86 valence electrons. The number of carbonyl (C=O) groups excluding carboxylic acids is 2. The van der Waals surface area contributed by atoms with Gasteiger partial charge in [0, 0.05) is 17.7 Å². The molecule has 0 radical (unpaired) electrons. The minimum Gasteiger partial charge on any atom is -0.272 e. The van der Waals surface area contributed by atoms with Gasteiger partial charge in [0.1, 0.15) is 0 Å². The van der Waals surface area contributed by atoms with Gasteiger partial charge in [-0.1, -0.05) is 31.4 Å². The minimum absolute atomic E-state index is 0.116. The quantitative estimate of drug-likeness (QED) is 0.668. The van der Waals surface area contributed by atoms with Gasteiger partial charge in [-0.3, -0.25) is 14.5 Å². The van der Waals surface area contributed by atoms with E-state index in [9.17, 15) is 9.59 Å². The molecule has 2 rings (SSSR count). The summed E-state index contributed by atoms with van der Waals surface area (Å²) in [7, 11) is 0. The van der Waals surface area contributed by atoms with E-state index >= 15 is 0 Å². The molecule has 1 fully saturated rings. The number of hydrogen-bond acceptors (Lipinski definition) is 2. The molecular weight excluding hydrogens is 202 g/mol. The van der Waals surface area contributed by atoms with E-state index in [0.717, 1.165) is 25.7 Å². The van der Waals surface area contributed by atoms with Crippen molar-refractivity contribution in [2.45, 2.75) is 45.1 Å². The van der Waals surface area contributed by atoms with E-state index in [4.69, 9.17) is 0 Å². The van der Waals surface area contributed by atoms with Crippen molar-refractivity contribution in [1.82, 2.24) is 4.90 Å². The van der Waals surface area contributed by atoms with Crippen LogP contribution in [-0.4, -0.2) is 22.8 Å². The lowest BCUT2D eigenvalue weighted by Crippen LogP contribution is -2.41. The summed E-state index contributed by atoms with van der Waals surface area (Å²) in [6, 6.07) is 0.132. The fourth-order valence-electron chi connectivity index (χ4n) is 2.49. The second kappa shape index (κ2) is 4.64. The molecule has 2 amide bonds. The molecule has 0 spiro atoms. The summed E-state index contributed by atoms with van der Waals surface area (Å²) in [6.07, 6.45) is 10.4. The SMILES string of the molecule is C/C=C/C1=CC(=O)N(C2CCCCC2)C1=O. The summed E-state index contributed by atoms with van der Waals surface area (Å²) in [5.41, 5.74) is 0.526. The summed E-state index contributed by atoms with van der Waals surface area (Å²) < 4.78 is 0.